The highest BCUT2D eigenvalue weighted by atomic mass is 16.6. The molecule has 2 rings (SSSR count). The number of benzene rings is 2. The number of hydrogen-bond donors (Lipinski definition) is 1. The fourth-order valence-corrected chi connectivity index (χ4v) is 1.93. The van der Waals surface area contributed by atoms with Crippen LogP contribution in [0, 0.1) is 10.1 Å². The second kappa shape index (κ2) is 7.73. The Kier molecular flexibility index (Phi) is 5.45. The van der Waals surface area contributed by atoms with E-state index in [0.29, 0.717) is 11.1 Å². The predicted octanol–water partition coefficient (Wildman–Crippen LogP) is 2.67. The molecule has 124 valence electrons. The van der Waals surface area contributed by atoms with Gasteiger partial charge in [0.2, 0.25) is 0 Å². The minimum Gasteiger partial charge on any atom is -0.465 e. The summed E-state index contributed by atoms with van der Waals surface area (Å²) in [7, 11) is 1.27. The van der Waals surface area contributed by atoms with E-state index in [0.717, 1.165) is 0 Å². The number of ether oxygens (including phenoxy) is 2. The zero-order chi connectivity index (χ0) is 17.5. The van der Waals surface area contributed by atoms with Crippen LogP contribution >= 0.6 is 0 Å². The van der Waals surface area contributed by atoms with Crippen molar-refractivity contribution in [2.24, 2.45) is 0 Å². The van der Waals surface area contributed by atoms with E-state index < -0.39 is 17.0 Å². The average molecular weight is 330 g/mol. The fraction of sp³-hybridized carbons (Fsp3) is 0.125. The van der Waals surface area contributed by atoms with Crippen molar-refractivity contribution in [3.63, 3.8) is 0 Å². The van der Waals surface area contributed by atoms with Crippen LogP contribution in [0.2, 0.25) is 0 Å². The molecule has 8 nitrogen and oxygen atoms in total. The molecule has 2 aromatic carbocycles. The molecule has 0 aliphatic heterocycles. The van der Waals surface area contributed by atoms with Gasteiger partial charge >= 0.3 is 12.1 Å². The summed E-state index contributed by atoms with van der Waals surface area (Å²) in [6.07, 6.45) is -0.747. The number of methoxy groups -OCH3 is 1. The molecule has 1 N–H and O–H groups in total. The minimum absolute atomic E-state index is 0.0666. The summed E-state index contributed by atoms with van der Waals surface area (Å²) in [6, 6.07) is 11.8. The Bertz CT molecular complexity index is 757. The lowest BCUT2D eigenvalue weighted by atomic mass is 10.1. The van der Waals surface area contributed by atoms with Crippen LogP contribution in [0.15, 0.2) is 48.5 Å². The SMILES string of the molecule is COC(=O)c1ccccc1CNC(=O)Oc1ccc([N+](=O)[O-])cc1. The number of non-ortho nitro benzene ring substituents is 1. The van der Waals surface area contributed by atoms with Crippen molar-refractivity contribution < 1.29 is 24.0 Å². The summed E-state index contributed by atoms with van der Waals surface area (Å²) in [5.41, 5.74) is 0.815. The molecule has 0 aliphatic carbocycles. The van der Waals surface area contributed by atoms with Crippen molar-refractivity contribution in [3.8, 4) is 5.75 Å². The van der Waals surface area contributed by atoms with E-state index in [1.54, 1.807) is 24.3 Å². The van der Waals surface area contributed by atoms with E-state index in [1.165, 1.54) is 31.4 Å². The molecule has 0 fully saturated rings. The molecule has 0 radical (unpaired) electrons. The summed E-state index contributed by atoms with van der Waals surface area (Å²) in [5, 5.41) is 13.1. The minimum atomic E-state index is -0.747. The summed E-state index contributed by atoms with van der Waals surface area (Å²) in [5.74, 6) is -0.338. The van der Waals surface area contributed by atoms with Crippen LogP contribution in [0.25, 0.3) is 0 Å². The second-order valence-corrected chi connectivity index (χ2v) is 4.64. The average Bonchev–Trinajstić information content (AvgIpc) is 2.60. The van der Waals surface area contributed by atoms with E-state index in [2.05, 4.69) is 10.1 Å². The summed E-state index contributed by atoms with van der Waals surface area (Å²) >= 11 is 0. The Labute approximate surface area is 137 Å². The maximum absolute atomic E-state index is 11.8. The number of nitrogens with one attached hydrogen (secondary N) is 1. The first-order valence-corrected chi connectivity index (χ1v) is 6.87. The summed E-state index contributed by atoms with van der Waals surface area (Å²) < 4.78 is 9.68. The van der Waals surface area contributed by atoms with Gasteiger partial charge in [0.15, 0.2) is 0 Å². The molecule has 24 heavy (non-hydrogen) atoms. The van der Waals surface area contributed by atoms with Gasteiger partial charge in [-0.05, 0) is 23.8 Å². The number of hydrogen-bond acceptors (Lipinski definition) is 6. The van der Waals surface area contributed by atoms with E-state index in [9.17, 15) is 19.7 Å². The van der Waals surface area contributed by atoms with Gasteiger partial charge in [-0.3, -0.25) is 10.1 Å². The molecule has 0 saturated heterocycles. The largest absolute Gasteiger partial charge is 0.465 e. The van der Waals surface area contributed by atoms with Crippen LogP contribution in [0.1, 0.15) is 15.9 Å². The highest BCUT2D eigenvalue weighted by Gasteiger charge is 2.12. The van der Waals surface area contributed by atoms with Gasteiger partial charge < -0.3 is 14.8 Å². The van der Waals surface area contributed by atoms with Crippen LogP contribution in [0.5, 0.6) is 5.75 Å². The Hall–Kier alpha value is -3.42. The highest BCUT2D eigenvalue weighted by molar-refractivity contribution is 5.91. The third-order valence-electron chi connectivity index (χ3n) is 3.10. The molecular weight excluding hydrogens is 316 g/mol. The predicted molar refractivity (Wildman–Crippen MR) is 83.7 cm³/mol. The third kappa shape index (κ3) is 4.29. The molecule has 0 aliphatic rings. The lowest BCUT2D eigenvalue weighted by Gasteiger charge is -2.09. The van der Waals surface area contributed by atoms with Crippen LogP contribution in [-0.4, -0.2) is 24.1 Å². The monoisotopic (exact) mass is 330 g/mol. The first kappa shape index (κ1) is 16.9. The standard InChI is InChI=1S/C16H14N2O6/c1-23-15(19)14-5-3-2-4-11(14)10-17-16(20)24-13-8-6-12(7-9-13)18(21)22/h2-9H,10H2,1H3,(H,17,20). The lowest BCUT2D eigenvalue weighted by Crippen LogP contribution is -2.27. The van der Waals surface area contributed by atoms with Crippen LogP contribution < -0.4 is 10.1 Å². The number of nitrogens with zero attached hydrogens (tertiary/aromatic N) is 1. The molecule has 1 amide bonds. The van der Waals surface area contributed by atoms with E-state index >= 15 is 0 Å². The Balaban J connectivity index is 1.96. The van der Waals surface area contributed by atoms with E-state index in [4.69, 9.17) is 4.74 Å². The van der Waals surface area contributed by atoms with Crippen molar-refractivity contribution in [1.29, 1.82) is 0 Å². The Morgan fingerprint density at radius 3 is 2.42 bits per heavy atom. The van der Waals surface area contributed by atoms with Gasteiger partial charge in [0, 0.05) is 18.7 Å². The van der Waals surface area contributed by atoms with Gasteiger partial charge in [-0.25, -0.2) is 9.59 Å². The molecule has 0 atom stereocenters. The van der Waals surface area contributed by atoms with Crippen molar-refractivity contribution in [2.75, 3.05) is 7.11 Å². The number of nitro groups is 1. The Morgan fingerprint density at radius 2 is 1.79 bits per heavy atom. The number of amides is 1. The van der Waals surface area contributed by atoms with Crippen molar-refractivity contribution >= 4 is 17.7 Å². The smallest absolute Gasteiger partial charge is 0.412 e. The van der Waals surface area contributed by atoms with E-state index in [-0.39, 0.29) is 18.0 Å². The van der Waals surface area contributed by atoms with Crippen molar-refractivity contribution in [1.82, 2.24) is 5.32 Å². The maximum Gasteiger partial charge on any atom is 0.412 e. The normalized spacial score (nSPS) is 9.88. The molecule has 2 aromatic rings. The Morgan fingerprint density at radius 1 is 1.12 bits per heavy atom. The summed E-state index contributed by atoms with van der Waals surface area (Å²) in [4.78, 5) is 33.4. The molecule has 0 bridgehead atoms. The quantitative estimate of drug-likeness (QED) is 0.513. The second-order valence-electron chi connectivity index (χ2n) is 4.64. The van der Waals surface area contributed by atoms with Gasteiger partial charge in [-0.2, -0.15) is 0 Å². The van der Waals surface area contributed by atoms with Crippen molar-refractivity contribution in [2.45, 2.75) is 6.54 Å². The summed E-state index contributed by atoms with van der Waals surface area (Å²) in [6.45, 7) is 0.0666. The van der Waals surface area contributed by atoms with Gasteiger partial charge in [0.25, 0.3) is 5.69 Å². The van der Waals surface area contributed by atoms with Gasteiger partial charge in [-0.15, -0.1) is 0 Å². The van der Waals surface area contributed by atoms with E-state index in [1.807, 2.05) is 0 Å². The molecule has 0 saturated carbocycles. The molecule has 8 heteroatoms. The lowest BCUT2D eigenvalue weighted by molar-refractivity contribution is -0.384. The zero-order valence-electron chi connectivity index (χ0n) is 12.7. The van der Waals surface area contributed by atoms with Gasteiger partial charge in [-0.1, -0.05) is 18.2 Å². The molecular formula is C16H14N2O6. The van der Waals surface area contributed by atoms with Crippen molar-refractivity contribution in [3.05, 3.63) is 69.8 Å². The third-order valence-corrected chi connectivity index (χ3v) is 3.10. The highest BCUT2D eigenvalue weighted by Crippen LogP contribution is 2.17. The van der Waals surface area contributed by atoms with Crippen LogP contribution in [-0.2, 0) is 11.3 Å². The zero-order valence-corrected chi connectivity index (χ0v) is 12.7. The van der Waals surface area contributed by atoms with Crippen LogP contribution in [0.4, 0.5) is 10.5 Å². The fourth-order valence-electron chi connectivity index (χ4n) is 1.93. The number of nitro benzene ring substituents is 1. The molecule has 0 aromatic heterocycles. The molecule has 0 heterocycles. The number of carbonyl (C=O) groups is 2. The molecule has 0 spiro atoms. The first-order chi connectivity index (χ1) is 11.5. The number of carbonyl (C=O) groups excluding carboxylic acids is 2. The topological polar surface area (TPSA) is 108 Å². The first-order valence-electron chi connectivity index (χ1n) is 6.87. The van der Waals surface area contributed by atoms with Gasteiger partial charge in [0.1, 0.15) is 5.75 Å². The number of esters is 1. The number of rotatable bonds is 5. The molecule has 0 unspecified atom stereocenters. The van der Waals surface area contributed by atoms with Gasteiger partial charge in [0.05, 0.1) is 17.6 Å². The maximum atomic E-state index is 11.8. The van der Waals surface area contributed by atoms with Crippen LogP contribution in [0.3, 0.4) is 0 Å².